The van der Waals surface area contributed by atoms with Crippen LogP contribution in [0.5, 0.6) is 0 Å². The highest BCUT2D eigenvalue weighted by molar-refractivity contribution is 6.94. The van der Waals surface area contributed by atoms with Crippen molar-refractivity contribution in [1.29, 1.82) is 0 Å². The van der Waals surface area contributed by atoms with E-state index in [2.05, 4.69) is 56.9 Å². The molecule has 0 unspecified atom stereocenters. The van der Waals surface area contributed by atoms with Crippen molar-refractivity contribution in [3.05, 3.63) is 58.5 Å². The first kappa shape index (κ1) is 16.5. The summed E-state index contributed by atoms with van der Waals surface area (Å²) in [6.07, 6.45) is 2.20. The van der Waals surface area contributed by atoms with E-state index in [0.29, 0.717) is 11.3 Å². The predicted octanol–water partition coefficient (Wildman–Crippen LogP) is 5.52. The summed E-state index contributed by atoms with van der Waals surface area (Å²) in [6.45, 7) is 12.4. The number of furan rings is 1. The summed E-state index contributed by atoms with van der Waals surface area (Å²) in [7, 11) is -1.61. The van der Waals surface area contributed by atoms with Crippen LogP contribution in [0.1, 0.15) is 39.9 Å². The normalized spacial score (nSPS) is 12.5. The third-order valence-corrected chi connectivity index (χ3v) is 5.77. The maximum atomic E-state index is 11.7. The molecule has 0 spiro atoms. The van der Waals surface area contributed by atoms with Gasteiger partial charge in [-0.3, -0.25) is 4.79 Å². The molecule has 0 atom stereocenters. The molecule has 0 radical (unpaired) electrons. The second kappa shape index (κ2) is 6.09. The van der Waals surface area contributed by atoms with E-state index >= 15 is 0 Å². The monoisotopic (exact) mass is 312 g/mol. The fraction of sp³-hybridized carbons (Fsp3) is 0.316. The van der Waals surface area contributed by atoms with Crippen LogP contribution in [0, 0.1) is 13.8 Å². The number of rotatable bonds is 4. The van der Waals surface area contributed by atoms with Crippen molar-refractivity contribution >= 4 is 25.1 Å². The van der Waals surface area contributed by atoms with Gasteiger partial charge < -0.3 is 4.42 Å². The molecular formula is C19H24O2Si. The Labute approximate surface area is 133 Å². The third kappa shape index (κ3) is 3.66. The molecule has 116 valence electrons. The number of carbonyl (C=O) groups excluding carboxylic acids is 1. The van der Waals surface area contributed by atoms with Gasteiger partial charge in [-0.2, -0.15) is 0 Å². The second-order valence-corrected chi connectivity index (χ2v) is 11.9. The van der Waals surface area contributed by atoms with Gasteiger partial charge in [0.1, 0.15) is 11.5 Å². The summed E-state index contributed by atoms with van der Waals surface area (Å²) in [4.78, 5) is 11.7. The summed E-state index contributed by atoms with van der Waals surface area (Å²) >= 11 is 0. The van der Waals surface area contributed by atoms with Gasteiger partial charge in [0.2, 0.25) is 0 Å². The van der Waals surface area contributed by atoms with E-state index in [1.54, 1.807) is 6.92 Å². The lowest BCUT2D eigenvalue weighted by Crippen LogP contribution is -2.22. The Morgan fingerprint density at radius 1 is 1.09 bits per heavy atom. The Morgan fingerprint density at radius 3 is 2.14 bits per heavy atom. The van der Waals surface area contributed by atoms with Crippen LogP contribution in [0.3, 0.4) is 0 Å². The van der Waals surface area contributed by atoms with Crippen LogP contribution in [0.15, 0.2) is 34.7 Å². The summed E-state index contributed by atoms with van der Waals surface area (Å²) < 4.78 is 5.91. The van der Waals surface area contributed by atoms with Crippen molar-refractivity contribution in [3.63, 3.8) is 0 Å². The number of carbonyl (C=O) groups is 1. The van der Waals surface area contributed by atoms with Crippen LogP contribution in [0.2, 0.25) is 19.6 Å². The Hall–Kier alpha value is -1.87. The van der Waals surface area contributed by atoms with E-state index < -0.39 is 8.07 Å². The third-order valence-electron chi connectivity index (χ3n) is 3.76. The number of ketones is 1. The van der Waals surface area contributed by atoms with E-state index in [1.165, 1.54) is 16.3 Å². The van der Waals surface area contributed by atoms with E-state index in [4.69, 9.17) is 4.42 Å². The minimum atomic E-state index is -1.61. The number of benzene rings is 1. The van der Waals surface area contributed by atoms with Gasteiger partial charge in [-0.1, -0.05) is 55.5 Å². The first-order valence-corrected chi connectivity index (χ1v) is 11.1. The lowest BCUT2D eigenvalue weighted by atomic mass is 10.1. The van der Waals surface area contributed by atoms with E-state index in [0.717, 1.165) is 5.76 Å². The van der Waals surface area contributed by atoms with Gasteiger partial charge >= 0.3 is 0 Å². The molecule has 1 aromatic carbocycles. The van der Waals surface area contributed by atoms with Crippen LogP contribution >= 0.6 is 0 Å². The van der Waals surface area contributed by atoms with Crippen molar-refractivity contribution in [2.75, 3.05) is 0 Å². The van der Waals surface area contributed by atoms with Crippen molar-refractivity contribution in [2.24, 2.45) is 0 Å². The number of aryl methyl sites for hydroxylation is 2. The van der Waals surface area contributed by atoms with Crippen molar-refractivity contribution in [3.8, 4) is 0 Å². The molecule has 0 saturated heterocycles. The zero-order valence-electron chi connectivity index (χ0n) is 14.3. The van der Waals surface area contributed by atoms with Crippen molar-refractivity contribution in [2.45, 2.75) is 40.4 Å². The molecule has 3 heteroatoms. The largest absolute Gasteiger partial charge is 0.461 e. The molecule has 2 rings (SSSR count). The van der Waals surface area contributed by atoms with Crippen molar-refractivity contribution < 1.29 is 9.21 Å². The van der Waals surface area contributed by atoms with Gasteiger partial charge in [0.15, 0.2) is 5.78 Å². The Bertz CT molecular complexity index is 713. The average Bonchev–Trinajstić information content (AvgIpc) is 2.78. The Kier molecular flexibility index (Phi) is 4.57. The first-order valence-electron chi connectivity index (χ1n) is 7.59. The molecular weight excluding hydrogens is 288 g/mol. The second-order valence-electron chi connectivity index (χ2n) is 6.86. The van der Waals surface area contributed by atoms with E-state index in [9.17, 15) is 4.79 Å². The molecule has 0 N–H and O–H groups in total. The molecule has 0 saturated carbocycles. The molecule has 1 aromatic heterocycles. The van der Waals surface area contributed by atoms with Crippen LogP contribution < -0.4 is 0 Å². The van der Waals surface area contributed by atoms with E-state index in [-0.39, 0.29) is 5.78 Å². The summed E-state index contributed by atoms with van der Waals surface area (Å²) in [5.41, 5.74) is 3.10. The van der Waals surface area contributed by atoms with Crippen molar-refractivity contribution in [1.82, 2.24) is 0 Å². The fourth-order valence-corrected chi connectivity index (χ4v) is 3.91. The smallest absolute Gasteiger partial charge is 0.163 e. The van der Waals surface area contributed by atoms with Crippen LogP contribution in [-0.4, -0.2) is 13.9 Å². The molecule has 0 bridgehead atoms. The number of hydrogen-bond donors (Lipinski definition) is 0. The fourth-order valence-electron chi connectivity index (χ4n) is 2.45. The van der Waals surface area contributed by atoms with Gasteiger partial charge in [0, 0.05) is 0 Å². The SMILES string of the molecule is CC(=O)c1cc(/C(=C\c2ccc(C)cc2)[Si](C)(C)C)oc1C. The Balaban J connectivity index is 2.54. The quantitative estimate of drug-likeness (QED) is 0.550. The maximum absolute atomic E-state index is 11.7. The average molecular weight is 312 g/mol. The predicted molar refractivity (Wildman–Crippen MR) is 95.8 cm³/mol. The number of Topliss-reactive ketones (excluding diaryl/α,β-unsaturated/α-hetero) is 1. The summed E-state index contributed by atoms with van der Waals surface area (Å²) in [6, 6.07) is 10.4. The highest BCUT2D eigenvalue weighted by atomic mass is 28.3. The number of hydrogen-bond acceptors (Lipinski definition) is 2. The van der Waals surface area contributed by atoms with Gasteiger partial charge in [0.25, 0.3) is 0 Å². The lowest BCUT2D eigenvalue weighted by Gasteiger charge is -2.19. The van der Waals surface area contributed by atoms with Gasteiger partial charge in [0.05, 0.1) is 13.6 Å². The Morgan fingerprint density at radius 2 is 1.68 bits per heavy atom. The van der Waals surface area contributed by atoms with Gasteiger partial charge in [-0.25, -0.2) is 0 Å². The molecule has 0 fully saturated rings. The molecule has 0 amide bonds. The van der Waals surface area contributed by atoms with E-state index in [1.807, 2.05) is 13.0 Å². The minimum Gasteiger partial charge on any atom is -0.461 e. The van der Waals surface area contributed by atoms with Crippen LogP contribution in [0.25, 0.3) is 11.3 Å². The lowest BCUT2D eigenvalue weighted by molar-refractivity contribution is 0.101. The minimum absolute atomic E-state index is 0.0535. The molecule has 0 aliphatic heterocycles. The maximum Gasteiger partial charge on any atom is 0.163 e. The summed E-state index contributed by atoms with van der Waals surface area (Å²) in [5.74, 6) is 1.59. The molecule has 22 heavy (non-hydrogen) atoms. The zero-order valence-corrected chi connectivity index (χ0v) is 15.3. The first-order chi connectivity index (χ1) is 10.2. The van der Waals surface area contributed by atoms with Crippen LogP contribution in [-0.2, 0) is 0 Å². The molecule has 0 aliphatic carbocycles. The molecule has 2 aromatic rings. The standard InChI is InChI=1S/C19H24O2Si/c1-13-7-9-16(10-8-13)11-19(22(4,5)6)18-12-17(14(2)20)15(3)21-18/h7-12H,1-6H3/b19-11+. The summed E-state index contributed by atoms with van der Waals surface area (Å²) in [5, 5.41) is 1.23. The highest BCUT2D eigenvalue weighted by Crippen LogP contribution is 2.31. The molecule has 1 heterocycles. The molecule has 2 nitrogen and oxygen atoms in total. The highest BCUT2D eigenvalue weighted by Gasteiger charge is 2.25. The van der Waals surface area contributed by atoms with Crippen LogP contribution in [0.4, 0.5) is 0 Å². The van der Waals surface area contributed by atoms with Gasteiger partial charge in [-0.05, 0) is 37.6 Å². The topological polar surface area (TPSA) is 30.2 Å². The van der Waals surface area contributed by atoms with Gasteiger partial charge in [-0.15, -0.1) is 0 Å². The zero-order chi connectivity index (χ0) is 16.5. The molecule has 0 aliphatic rings.